The van der Waals surface area contributed by atoms with Crippen LogP contribution in [0, 0.1) is 5.92 Å². The molecule has 1 aromatic rings. The summed E-state index contributed by atoms with van der Waals surface area (Å²) < 4.78 is 0. The second-order valence-corrected chi connectivity index (χ2v) is 8.06. The lowest BCUT2D eigenvalue weighted by atomic mass is 9.83. The minimum absolute atomic E-state index is 0.145. The molecule has 0 radical (unpaired) electrons. The molecule has 1 aliphatic heterocycles. The zero-order valence-electron chi connectivity index (χ0n) is 15.4. The first kappa shape index (κ1) is 17.4. The van der Waals surface area contributed by atoms with Crippen LogP contribution in [0.4, 0.5) is 10.5 Å². The van der Waals surface area contributed by atoms with E-state index in [-0.39, 0.29) is 11.9 Å². The number of rotatable bonds is 4. The van der Waals surface area contributed by atoms with E-state index in [0.717, 1.165) is 43.5 Å². The number of amides is 3. The number of hydrogen-bond donors (Lipinski definition) is 2. The van der Waals surface area contributed by atoms with Crippen molar-refractivity contribution in [1.29, 1.82) is 0 Å². The Morgan fingerprint density at radius 2 is 1.62 bits per heavy atom. The number of carbonyl (C=O) groups is 2. The maximum Gasteiger partial charge on any atom is 0.319 e. The highest BCUT2D eigenvalue weighted by atomic mass is 16.2. The van der Waals surface area contributed by atoms with Crippen LogP contribution in [0.5, 0.6) is 0 Å². The second-order valence-electron chi connectivity index (χ2n) is 8.06. The van der Waals surface area contributed by atoms with E-state index in [0.29, 0.717) is 18.0 Å². The van der Waals surface area contributed by atoms with E-state index in [1.165, 1.54) is 32.1 Å². The second kappa shape index (κ2) is 7.68. The van der Waals surface area contributed by atoms with E-state index in [2.05, 4.69) is 15.5 Å². The number of nitrogens with one attached hydrogen (secondary N) is 2. The van der Waals surface area contributed by atoms with Crippen LogP contribution in [0.2, 0.25) is 0 Å². The Hall–Kier alpha value is -2.04. The van der Waals surface area contributed by atoms with Gasteiger partial charge in [0, 0.05) is 29.9 Å². The molecule has 4 rings (SSSR count). The van der Waals surface area contributed by atoms with Gasteiger partial charge in [-0.2, -0.15) is 0 Å². The summed E-state index contributed by atoms with van der Waals surface area (Å²) in [5.74, 6) is 0.828. The van der Waals surface area contributed by atoms with Gasteiger partial charge in [0.25, 0.3) is 5.91 Å². The summed E-state index contributed by atoms with van der Waals surface area (Å²) in [6, 6.07) is 7.92. The van der Waals surface area contributed by atoms with Crippen LogP contribution >= 0.6 is 0 Å². The molecule has 3 amide bonds. The summed E-state index contributed by atoms with van der Waals surface area (Å²) in [6.45, 7) is 0.879. The predicted molar refractivity (Wildman–Crippen MR) is 102 cm³/mol. The number of benzene rings is 1. The maximum absolute atomic E-state index is 13.0. The molecule has 26 heavy (non-hydrogen) atoms. The molecule has 1 atom stereocenters. The molecule has 2 aliphatic carbocycles. The summed E-state index contributed by atoms with van der Waals surface area (Å²) in [5, 5.41) is 5.74. The molecule has 0 aromatic heterocycles. The highest BCUT2D eigenvalue weighted by Gasteiger charge is 2.35. The molecule has 2 N–H and O–H groups in total. The third-order valence-corrected chi connectivity index (χ3v) is 6.06. The normalized spacial score (nSPS) is 23.7. The maximum atomic E-state index is 13.0. The summed E-state index contributed by atoms with van der Waals surface area (Å²) in [6.07, 6.45) is 10.9. The SMILES string of the molecule is O=C(Nc1ccc(C(=O)N2CCCC2C2CCCCC2)cc1)NC1CC1. The van der Waals surface area contributed by atoms with Crippen LogP contribution in [-0.4, -0.2) is 35.5 Å². The summed E-state index contributed by atoms with van der Waals surface area (Å²) in [4.78, 5) is 26.9. The number of carbonyl (C=O) groups excluding carboxylic acids is 2. The molecular formula is C21H29N3O2. The van der Waals surface area contributed by atoms with E-state index in [4.69, 9.17) is 0 Å². The number of nitrogens with zero attached hydrogens (tertiary/aromatic N) is 1. The Morgan fingerprint density at radius 3 is 2.31 bits per heavy atom. The minimum Gasteiger partial charge on any atom is -0.335 e. The molecule has 5 nitrogen and oxygen atoms in total. The molecule has 0 spiro atoms. The summed E-state index contributed by atoms with van der Waals surface area (Å²) in [5.41, 5.74) is 1.45. The van der Waals surface area contributed by atoms with Gasteiger partial charge in [-0.05, 0) is 68.7 Å². The Balaban J connectivity index is 1.38. The number of likely N-dealkylation sites (tertiary alicyclic amines) is 1. The van der Waals surface area contributed by atoms with Gasteiger partial charge in [0.05, 0.1) is 0 Å². The van der Waals surface area contributed by atoms with Crippen molar-refractivity contribution in [1.82, 2.24) is 10.2 Å². The van der Waals surface area contributed by atoms with Gasteiger partial charge in [-0.1, -0.05) is 19.3 Å². The Bertz CT molecular complexity index is 648. The first-order valence-corrected chi connectivity index (χ1v) is 10.2. The van der Waals surface area contributed by atoms with Gasteiger partial charge in [0.2, 0.25) is 0 Å². The smallest absolute Gasteiger partial charge is 0.319 e. The fourth-order valence-electron chi connectivity index (χ4n) is 4.50. The highest BCUT2D eigenvalue weighted by molar-refractivity contribution is 5.96. The molecular weight excluding hydrogens is 326 g/mol. The molecule has 3 aliphatic rings. The van der Waals surface area contributed by atoms with Crippen molar-refractivity contribution in [2.75, 3.05) is 11.9 Å². The molecule has 0 bridgehead atoms. The van der Waals surface area contributed by atoms with Gasteiger partial charge in [0.1, 0.15) is 0 Å². The molecule has 3 fully saturated rings. The van der Waals surface area contributed by atoms with Gasteiger partial charge in [-0.3, -0.25) is 4.79 Å². The number of anilines is 1. The van der Waals surface area contributed by atoms with E-state index in [9.17, 15) is 9.59 Å². The monoisotopic (exact) mass is 355 g/mol. The van der Waals surface area contributed by atoms with Crippen LogP contribution in [0.25, 0.3) is 0 Å². The van der Waals surface area contributed by atoms with Crippen molar-refractivity contribution < 1.29 is 9.59 Å². The van der Waals surface area contributed by atoms with Crippen LogP contribution in [-0.2, 0) is 0 Å². The van der Waals surface area contributed by atoms with Gasteiger partial charge >= 0.3 is 6.03 Å². The molecule has 2 saturated carbocycles. The summed E-state index contributed by atoms with van der Waals surface area (Å²) >= 11 is 0. The Kier molecular flexibility index (Phi) is 5.14. The van der Waals surface area contributed by atoms with Crippen molar-refractivity contribution in [2.24, 2.45) is 5.92 Å². The fourth-order valence-corrected chi connectivity index (χ4v) is 4.50. The molecule has 1 heterocycles. The Morgan fingerprint density at radius 1 is 0.885 bits per heavy atom. The van der Waals surface area contributed by atoms with Gasteiger partial charge in [-0.15, -0.1) is 0 Å². The standard InChI is InChI=1S/C21H29N3O2/c25-20(24-14-4-7-19(24)15-5-2-1-3-6-15)16-8-10-17(11-9-16)22-21(26)23-18-12-13-18/h8-11,15,18-19H,1-7,12-14H2,(H2,22,23,26). The third-order valence-electron chi connectivity index (χ3n) is 6.06. The van der Waals surface area contributed by atoms with Gasteiger partial charge < -0.3 is 15.5 Å². The molecule has 5 heteroatoms. The number of urea groups is 1. The number of hydrogen-bond acceptors (Lipinski definition) is 2. The third kappa shape index (κ3) is 4.02. The highest BCUT2D eigenvalue weighted by Crippen LogP contribution is 2.35. The van der Waals surface area contributed by atoms with Crippen molar-refractivity contribution in [3.63, 3.8) is 0 Å². The van der Waals surface area contributed by atoms with Gasteiger partial charge in [-0.25, -0.2) is 4.79 Å². The van der Waals surface area contributed by atoms with E-state index < -0.39 is 0 Å². The largest absolute Gasteiger partial charge is 0.335 e. The first-order valence-electron chi connectivity index (χ1n) is 10.2. The van der Waals surface area contributed by atoms with E-state index >= 15 is 0 Å². The van der Waals surface area contributed by atoms with Crippen LogP contribution < -0.4 is 10.6 Å². The first-order chi connectivity index (χ1) is 12.7. The van der Waals surface area contributed by atoms with Crippen molar-refractivity contribution in [3.8, 4) is 0 Å². The summed E-state index contributed by atoms with van der Waals surface area (Å²) in [7, 11) is 0. The fraction of sp³-hybridized carbons (Fsp3) is 0.619. The average molecular weight is 355 g/mol. The van der Waals surface area contributed by atoms with Crippen LogP contribution in [0.3, 0.4) is 0 Å². The van der Waals surface area contributed by atoms with E-state index in [1.807, 2.05) is 24.3 Å². The van der Waals surface area contributed by atoms with Crippen LogP contribution in [0.15, 0.2) is 24.3 Å². The molecule has 140 valence electrons. The van der Waals surface area contributed by atoms with E-state index in [1.54, 1.807) is 0 Å². The lowest BCUT2D eigenvalue weighted by Crippen LogP contribution is -2.40. The lowest BCUT2D eigenvalue weighted by Gasteiger charge is -2.34. The Labute approximate surface area is 155 Å². The molecule has 1 saturated heterocycles. The van der Waals surface area contributed by atoms with Crippen molar-refractivity contribution >= 4 is 17.6 Å². The molecule has 1 aromatic carbocycles. The lowest BCUT2D eigenvalue weighted by molar-refractivity contribution is 0.0661. The predicted octanol–water partition coefficient (Wildman–Crippen LogP) is 4.16. The molecule has 1 unspecified atom stereocenters. The van der Waals surface area contributed by atoms with Crippen LogP contribution in [0.1, 0.15) is 68.1 Å². The van der Waals surface area contributed by atoms with Crippen molar-refractivity contribution in [3.05, 3.63) is 29.8 Å². The quantitative estimate of drug-likeness (QED) is 0.852. The minimum atomic E-state index is -0.163. The van der Waals surface area contributed by atoms with Gasteiger partial charge in [0.15, 0.2) is 0 Å². The zero-order chi connectivity index (χ0) is 17.9. The average Bonchev–Trinajstić information content (AvgIpc) is 3.34. The topological polar surface area (TPSA) is 61.4 Å². The zero-order valence-corrected chi connectivity index (χ0v) is 15.4. The van der Waals surface area contributed by atoms with Crippen molar-refractivity contribution in [2.45, 2.75) is 69.9 Å².